The van der Waals surface area contributed by atoms with Crippen LogP contribution in [0.3, 0.4) is 0 Å². The van der Waals surface area contributed by atoms with Crippen LogP contribution < -0.4 is 10.6 Å². The molecule has 3 aliphatic rings. The quantitative estimate of drug-likeness (QED) is 0.122. The predicted molar refractivity (Wildman–Crippen MR) is 219 cm³/mol. The topological polar surface area (TPSA) is 175 Å². The van der Waals surface area contributed by atoms with Gasteiger partial charge in [-0.15, -0.1) is 0 Å². The summed E-state index contributed by atoms with van der Waals surface area (Å²) in [5.41, 5.74) is 5.82. The highest BCUT2D eigenvalue weighted by molar-refractivity contribution is 5.87. The van der Waals surface area contributed by atoms with Crippen molar-refractivity contribution < 1.29 is 28.7 Å². The number of likely N-dealkylation sites (tertiary alicyclic amines) is 2. The largest absolute Gasteiger partial charge is 0.453 e. The molecule has 2 aliphatic heterocycles. The number of aromatic amines is 2. The van der Waals surface area contributed by atoms with E-state index in [1.807, 2.05) is 49.9 Å². The third kappa shape index (κ3) is 8.32. The molecule has 14 heteroatoms. The molecule has 308 valence electrons. The van der Waals surface area contributed by atoms with E-state index in [1.54, 1.807) is 0 Å². The lowest BCUT2D eigenvalue weighted by Crippen LogP contribution is -2.55. The van der Waals surface area contributed by atoms with Gasteiger partial charge in [-0.3, -0.25) is 9.59 Å². The molecule has 2 saturated heterocycles. The first-order chi connectivity index (χ1) is 27.9. The van der Waals surface area contributed by atoms with Crippen LogP contribution in [0.5, 0.6) is 0 Å². The standard InChI is InChI=1S/C44H56N8O6/c1-24(2)37(49-43(55)57-6)41(53)51-26(5)9-8-10-34(51)39-45-22-32(47-39)29-15-11-27(12-16-29)28-13-17-30(18-14-28)33-23-46-40(48-33)35-20-19-31-21-36(31)52(35)42(54)38(25(3)4)50-44(56)58-7/h11-18,22-26,31,34-38H,8-10,19-21H2,1-7H3,(H,45,47)(H,46,48)(H,49,55)(H,50,56)/t26?,31?,34-,35-,36?,37?,38-/m0/s1. The van der Waals surface area contributed by atoms with E-state index in [0.717, 1.165) is 83.8 Å². The number of hydrogen-bond acceptors (Lipinski definition) is 8. The summed E-state index contributed by atoms with van der Waals surface area (Å²) in [6.07, 6.45) is 7.86. The number of alkyl carbamates (subject to hydrolysis) is 2. The summed E-state index contributed by atoms with van der Waals surface area (Å²) in [7, 11) is 2.60. The van der Waals surface area contributed by atoms with Crippen LogP contribution in [-0.2, 0) is 19.1 Å². The monoisotopic (exact) mass is 792 g/mol. The molecule has 3 fully saturated rings. The fourth-order valence-electron chi connectivity index (χ4n) is 8.75. The molecule has 4 heterocycles. The lowest BCUT2D eigenvalue weighted by molar-refractivity contribution is -0.141. The Morgan fingerprint density at radius 2 is 1.10 bits per heavy atom. The summed E-state index contributed by atoms with van der Waals surface area (Å²) in [4.78, 5) is 72.4. The number of nitrogens with zero attached hydrogens (tertiary/aromatic N) is 4. The van der Waals surface area contributed by atoms with E-state index in [-0.39, 0.29) is 47.8 Å². The molecule has 58 heavy (non-hydrogen) atoms. The Bertz CT molecular complexity index is 1960. The summed E-state index contributed by atoms with van der Waals surface area (Å²) in [6, 6.07) is 14.9. The van der Waals surface area contributed by atoms with E-state index in [2.05, 4.69) is 76.1 Å². The molecule has 2 aromatic carbocycles. The van der Waals surface area contributed by atoms with Crippen molar-refractivity contribution >= 4 is 24.0 Å². The molecule has 4 amide bonds. The van der Waals surface area contributed by atoms with Gasteiger partial charge in [-0.25, -0.2) is 19.6 Å². The molecule has 7 atom stereocenters. The van der Waals surface area contributed by atoms with Gasteiger partial charge in [0.05, 0.1) is 50.1 Å². The molecule has 0 bridgehead atoms. The van der Waals surface area contributed by atoms with Crippen molar-refractivity contribution in [1.82, 2.24) is 40.4 Å². The van der Waals surface area contributed by atoms with Gasteiger partial charge in [0, 0.05) is 12.1 Å². The molecule has 0 spiro atoms. The third-order valence-corrected chi connectivity index (χ3v) is 12.1. The minimum absolute atomic E-state index is 0.00860. The number of rotatable bonds is 11. The molecule has 14 nitrogen and oxygen atoms in total. The molecule has 4 aromatic rings. The molecule has 1 saturated carbocycles. The fourth-order valence-corrected chi connectivity index (χ4v) is 8.75. The van der Waals surface area contributed by atoms with Gasteiger partial charge in [0.15, 0.2) is 0 Å². The Balaban J connectivity index is 1.03. The number of nitrogens with one attached hydrogen (secondary N) is 4. The Kier molecular flexibility index (Phi) is 11.9. The maximum absolute atomic E-state index is 13.9. The Hall–Kier alpha value is -5.66. The summed E-state index contributed by atoms with van der Waals surface area (Å²) in [6.45, 7) is 9.73. The zero-order chi connectivity index (χ0) is 41.2. The van der Waals surface area contributed by atoms with Gasteiger partial charge < -0.3 is 39.9 Å². The number of imidazole rings is 2. The van der Waals surface area contributed by atoms with Crippen LogP contribution in [0.25, 0.3) is 33.6 Å². The van der Waals surface area contributed by atoms with Gasteiger partial charge in [0.1, 0.15) is 23.7 Å². The van der Waals surface area contributed by atoms with Crippen LogP contribution in [0.1, 0.15) is 96.9 Å². The number of carbonyl (C=O) groups is 4. The molecular formula is C44H56N8O6. The SMILES string of the molecule is COC(=O)NC(C(=O)N1C(C)CCC[C@H]1c1ncc(-c2ccc(-c3ccc(-c4cnc([C@@H]5CCC6CC6N5C(=O)[C@@H](NC(=O)OC)C(C)C)[nH]4)cc3)cc2)[nH]1)C(C)C. The second-order valence-corrected chi connectivity index (χ2v) is 16.7. The van der Waals surface area contributed by atoms with Crippen molar-refractivity contribution in [3.8, 4) is 33.6 Å². The van der Waals surface area contributed by atoms with Gasteiger partial charge in [0.25, 0.3) is 0 Å². The number of piperidine rings is 2. The number of benzene rings is 2. The van der Waals surface area contributed by atoms with Gasteiger partial charge in [-0.05, 0) is 85.5 Å². The lowest BCUT2D eigenvalue weighted by atomic mass is 9.93. The van der Waals surface area contributed by atoms with Gasteiger partial charge >= 0.3 is 12.2 Å². The number of hydrogen-bond donors (Lipinski definition) is 4. The van der Waals surface area contributed by atoms with Gasteiger partial charge in [-0.1, -0.05) is 76.2 Å². The van der Waals surface area contributed by atoms with Crippen LogP contribution in [0.15, 0.2) is 60.9 Å². The highest BCUT2D eigenvalue weighted by atomic mass is 16.5. The minimum atomic E-state index is -0.708. The Morgan fingerprint density at radius 1 is 0.655 bits per heavy atom. The number of methoxy groups -OCH3 is 2. The molecule has 1 aliphatic carbocycles. The van der Waals surface area contributed by atoms with E-state index in [9.17, 15) is 19.2 Å². The molecule has 0 radical (unpaired) electrons. The molecule has 7 rings (SSSR count). The second-order valence-electron chi connectivity index (χ2n) is 16.7. The first-order valence-electron chi connectivity index (χ1n) is 20.5. The van der Waals surface area contributed by atoms with E-state index in [0.29, 0.717) is 5.92 Å². The van der Waals surface area contributed by atoms with Crippen molar-refractivity contribution in [2.45, 2.75) is 109 Å². The van der Waals surface area contributed by atoms with Gasteiger partial charge in [-0.2, -0.15) is 0 Å². The molecular weight excluding hydrogens is 737 g/mol. The molecule has 4 unspecified atom stereocenters. The predicted octanol–water partition coefficient (Wildman–Crippen LogP) is 7.39. The van der Waals surface area contributed by atoms with Crippen LogP contribution in [0, 0.1) is 17.8 Å². The first kappa shape index (κ1) is 40.5. The van der Waals surface area contributed by atoms with Crippen molar-refractivity contribution in [3.05, 3.63) is 72.6 Å². The summed E-state index contributed by atoms with van der Waals surface area (Å²) < 4.78 is 9.63. The average Bonchev–Trinajstić information content (AvgIpc) is 3.58. The van der Waals surface area contributed by atoms with Crippen LogP contribution in [-0.4, -0.2) is 92.1 Å². The summed E-state index contributed by atoms with van der Waals surface area (Å²) >= 11 is 0. The zero-order valence-electron chi connectivity index (χ0n) is 34.5. The van der Waals surface area contributed by atoms with Crippen LogP contribution in [0.2, 0.25) is 0 Å². The first-order valence-corrected chi connectivity index (χ1v) is 20.5. The Labute approximate surface area is 339 Å². The van der Waals surface area contributed by atoms with Crippen molar-refractivity contribution in [2.75, 3.05) is 14.2 Å². The van der Waals surface area contributed by atoms with Crippen molar-refractivity contribution in [2.24, 2.45) is 17.8 Å². The minimum Gasteiger partial charge on any atom is -0.453 e. The third-order valence-electron chi connectivity index (χ3n) is 12.1. The summed E-state index contributed by atoms with van der Waals surface area (Å²) in [5.74, 6) is 1.53. The van der Waals surface area contributed by atoms with E-state index >= 15 is 0 Å². The highest BCUT2D eigenvalue weighted by Gasteiger charge is 2.52. The number of aromatic nitrogens is 4. The van der Waals surface area contributed by atoms with Crippen LogP contribution in [0.4, 0.5) is 9.59 Å². The number of H-pyrrole nitrogens is 2. The van der Waals surface area contributed by atoms with Crippen molar-refractivity contribution in [3.63, 3.8) is 0 Å². The van der Waals surface area contributed by atoms with E-state index in [1.165, 1.54) is 14.2 Å². The van der Waals surface area contributed by atoms with E-state index in [4.69, 9.17) is 19.4 Å². The number of fused-ring (bicyclic) bond motifs is 1. The molecule has 2 aromatic heterocycles. The number of amides is 4. The molecule has 4 N–H and O–H groups in total. The maximum atomic E-state index is 13.9. The zero-order valence-corrected chi connectivity index (χ0v) is 34.5. The maximum Gasteiger partial charge on any atom is 0.407 e. The lowest BCUT2D eigenvalue weighted by Gasteiger charge is -2.42. The summed E-state index contributed by atoms with van der Waals surface area (Å²) in [5, 5.41) is 5.49. The van der Waals surface area contributed by atoms with Gasteiger partial charge in [0.2, 0.25) is 11.8 Å². The second kappa shape index (κ2) is 17.1. The smallest absolute Gasteiger partial charge is 0.407 e. The Morgan fingerprint density at radius 3 is 1.57 bits per heavy atom. The van der Waals surface area contributed by atoms with Crippen molar-refractivity contribution in [1.29, 1.82) is 0 Å². The number of carbonyl (C=O) groups excluding carboxylic acids is 4. The fraction of sp³-hybridized carbons (Fsp3) is 0.500. The normalized spacial score (nSPS) is 22.5. The number of ether oxygens (including phenoxy) is 2. The van der Waals surface area contributed by atoms with Crippen LogP contribution >= 0.6 is 0 Å². The highest BCUT2D eigenvalue weighted by Crippen LogP contribution is 2.50. The average molecular weight is 793 g/mol. The van der Waals surface area contributed by atoms with E-state index < -0.39 is 24.3 Å².